The van der Waals surface area contributed by atoms with Crippen molar-refractivity contribution in [1.29, 1.82) is 0 Å². The Kier molecular flexibility index (Phi) is 47.1. The van der Waals surface area contributed by atoms with E-state index in [1.165, 1.54) is 0 Å². The Bertz CT molecular complexity index is 522. The van der Waals surface area contributed by atoms with Crippen LogP contribution in [0.3, 0.4) is 0 Å². The summed E-state index contributed by atoms with van der Waals surface area (Å²) in [7, 11) is 0. The van der Waals surface area contributed by atoms with E-state index < -0.39 is 0 Å². The molecule has 0 heterocycles. The Balaban J connectivity index is 4.87. The Hall–Kier alpha value is 2.48. The second kappa shape index (κ2) is 44.9. The summed E-state index contributed by atoms with van der Waals surface area (Å²) in [5.41, 5.74) is -0.358. The lowest BCUT2D eigenvalue weighted by Gasteiger charge is -2.33. The zero-order chi connectivity index (χ0) is 35.6. The molecule has 0 aromatic heterocycles. The summed E-state index contributed by atoms with van der Waals surface area (Å²) >= 11 is 24.4. The maximum atomic E-state index is 6.31. The maximum Gasteiger partial charge on any atom is 0.0637 e. The fraction of sp³-hybridized carbons (Fsp3) is 1.00. The van der Waals surface area contributed by atoms with Crippen LogP contribution < -0.4 is 0 Å². The monoisotopic (exact) mass is 848 g/mol. The van der Waals surface area contributed by atoms with Crippen molar-refractivity contribution in [3.63, 3.8) is 0 Å². The molecule has 0 radical (unpaired) electrons. The molecule has 296 valence electrons. The SMILES string of the molecule is SCCOCCSCCCOCC(COCCCSCCOCCS)(COCCCSCCOCCS)COCCCSCCOCCS. The maximum absolute atomic E-state index is 6.31. The molecule has 0 saturated heterocycles. The van der Waals surface area contributed by atoms with Gasteiger partial charge in [-0.2, -0.15) is 97.6 Å². The first-order valence-corrected chi connectivity index (χ1v) is 24.8. The number of hydrogen-bond acceptors (Lipinski definition) is 16. The molecule has 0 aliphatic heterocycles. The molecule has 0 amide bonds. The highest BCUT2D eigenvalue weighted by Crippen LogP contribution is 2.22. The highest BCUT2D eigenvalue weighted by molar-refractivity contribution is 7.99. The fourth-order valence-electron chi connectivity index (χ4n) is 4.00. The van der Waals surface area contributed by atoms with Crippen molar-refractivity contribution in [1.82, 2.24) is 0 Å². The highest BCUT2D eigenvalue weighted by atomic mass is 32.2. The van der Waals surface area contributed by atoms with E-state index in [-0.39, 0.29) is 5.41 Å². The predicted molar refractivity (Wildman–Crippen MR) is 232 cm³/mol. The van der Waals surface area contributed by atoms with Gasteiger partial charge in [-0.1, -0.05) is 0 Å². The molecule has 0 unspecified atom stereocenters. The van der Waals surface area contributed by atoms with Crippen LogP contribution in [0.1, 0.15) is 25.7 Å². The van der Waals surface area contributed by atoms with Crippen molar-refractivity contribution in [2.75, 3.05) is 175 Å². The summed E-state index contributed by atoms with van der Waals surface area (Å²) in [4.78, 5) is 0. The molecule has 0 N–H and O–H groups in total. The summed E-state index contributed by atoms with van der Waals surface area (Å²) in [6, 6.07) is 0. The molecule has 49 heavy (non-hydrogen) atoms. The second-order valence-corrected chi connectivity index (χ2v) is 17.6. The third kappa shape index (κ3) is 40.0. The van der Waals surface area contributed by atoms with Gasteiger partial charge in [-0.15, -0.1) is 0 Å². The van der Waals surface area contributed by atoms with Crippen molar-refractivity contribution in [2.24, 2.45) is 5.41 Å². The van der Waals surface area contributed by atoms with Crippen LogP contribution in [-0.2, 0) is 37.9 Å². The Morgan fingerprint density at radius 3 is 0.755 bits per heavy atom. The number of hydrogen-bond donors (Lipinski definition) is 4. The molecular weight excluding hydrogens is 781 g/mol. The van der Waals surface area contributed by atoms with E-state index in [9.17, 15) is 0 Å². The fourth-order valence-corrected chi connectivity index (χ4v) is 7.57. The molecule has 0 spiro atoms. The van der Waals surface area contributed by atoms with Gasteiger partial charge >= 0.3 is 0 Å². The normalized spacial score (nSPS) is 12.0. The average Bonchev–Trinajstić information content (AvgIpc) is 3.11. The molecule has 0 aliphatic carbocycles. The quantitative estimate of drug-likeness (QED) is 0.0410. The highest BCUT2D eigenvalue weighted by Gasteiger charge is 2.32. The zero-order valence-corrected chi connectivity index (χ0v) is 36.7. The summed E-state index contributed by atoms with van der Waals surface area (Å²) < 4.78 is 47.3. The van der Waals surface area contributed by atoms with Gasteiger partial charge in [0, 0.05) is 72.5 Å². The molecule has 8 nitrogen and oxygen atoms in total. The van der Waals surface area contributed by atoms with E-state index in [0.717, 1.165) is 121 Å². The van der Waals surface area contributed by atoms with E-state index in [1.807, 2.05) is 47.0 Å². The van der Waals surface area contributed by atoms with Crippen LogP contribution in [-0.4, -0.2) is 175 Å². The van der Waals surface area contributed by atoms with Gasteiger partial charge in [0.2, 0.25) is 0 Å². The van der Waals surface area contributed by atoms with Gasteiger partial charge in [0.25, 0.3) is 0 Å². The number of rotatable bonds is 44. The predicted octanol–water partition coefficient (Wildman–Crippen LogP) is 6.32. The van der Waals surface area contributed by atoms with Crippen molar-refractivity contribution in [3.05, 3.63) is 0 Å². The third-order valence-corrected chi connectivity index (χ3v) is 11.2. The minimum atomic E-state index is -0.358. The van der Waals surface area contributed by atoms with Crippen LogP contribution in [0.2, 0.25) is 0 Å². The van der Waals surface area contributed by atoms with Crippen molar-refractivity contribution < 1.29 is 37.9 Å². The van der Waals surface area contributed by atoms with E-state index in [2.05, 4.69) is 50.5 Å². The minimum Gasteiger partial charge on any atom is -0.381 e. The van der Waals surface area contributed by atoms with Crippen LogP contribution in [0.4, 0.5) is 0 Å². The van der Waals surface area contributed by atoms with E-state index >= 15 is 0 Å². The first kappa shape index (κ1) is 51.5. The minimum absolute atomic E-state index is 0.358. The van der Waals surface area contributed by atoms with Crippen LogP contribution in [0.15, 0.2) is 0 Å². The largest absolute Gasteiger partial charge is 0.381 e. The van der Waals surface area contributed by atoms with E-state index in [1.54, 1.807) is 0 Å². The Morgan fingerprint density at radius 1 is 0.286 bits per heavy atom. The van der Waals surface area contributed by atoms with Gasteiger partial charge < -0.3 is 37.9 Å². The van der Waals surface area contributed by atoms with Gasteiger partial charge in [0.1, 0.15) is 0 Å². The number of ether oxygens (including phenoxy) is 8. The van der Waals surface area contributed by atoms with E-state index in [4.69, 9.17) is 37.9 Å². The van der Waals surface area contributed by atoms with Crippen LogP contribution in [0.5, 0.6) is 0 Å². The number of thioether (sulfide) groups is 4. The lowest BCUT2D eigenvalue weighted by atomic mass is 9.92. The molecule has 0 rings (SSSR count). The molecule has 0 aromatic carbocycles. The van der Waals surface area contributed by atoms with Crippen molar-refractivity contribution in [2.45, 2.75) is 25.7 Å². The smallest absolute Gasteiger partial charge is 0.0637 e. The van der Waals surface area contributed by atoms with Crippen LogP contribution >= 0.6 is 97.6 Å². The molecule has 0 atom stereocenters. The lowest BCUT2D eigenvalue weighted by molar-refractivity contribution is -0.106. The molecule has 16 heteroatoms. The second-order valence-electron chi connectivity index (χ2n) is 10.9. The first-order chi connectivity index (χ1) is 24.2. The lowest BCUT2D eigenvalue weighted by Crippen LogP contribution is -2.42. The van der Waals surface area contributed by atoms with E-state index in [0.29, 0.717) is 79.3 Å². The molecular formula is C33H68O8S8. The van der Waals surface area contributed by atoms with Gasteiger partial charge in [-0.05, 0) is 48.7 Å². The summed E-state index contributed by atoms with van der Waals surface area (Å²) in [6.45, 7) is 10.9. The zero-order valence-electron chi connectivity index (χ0n) is 29.8. The molecule has 0 aliphatic rings. The van der Waals surface area contributed by atoms with Gasteiger partial charge in [-0.25, -0.2) is 0 Å². The summed E-state index contributed by atoms with van der Waals surface area (Å²) in [6.07, 6.45) is 3.98. The molecule has 0 bridgehead atoms. The number of thiol groups is 4. The molecule has 0 saturated carbocycles. The standard InChI is InChI=1S/C33H68O8S8/c42-17-9-34-13-25-46-21-1-5-38-29-33(30-39-6-2-22-47-26-14-35-10-18-43,31-40-7-3-23-48-27-15-36-11-19-44)32-41-8-4-24-49-28-16-37-12-20-45/h42-45H,1-32H2. The van der Waals surface area contributed by atoms with Gasteiger partial charge in [0.05, 0.1) is 84.7 Å². The van der Waals surface area contributed by atoms with Gasteiger partial charge in [0.15, 0.2) is 0 Å². The Morgan fingerprint density at radius 2 is 0.531 bits per heavy atom. The topological polar surface area (TPSA) is 73.8 Å². The van der Waals surface area contributed by atoms with Crippen LogP contribution in [0, 0.1) is 5.41 Å². The summed E-state index contributed by atoms with van der Waals surface area (Å²) in [5.74, 6) is 11.2. The average molecular weight is 849 g/mol. The summed E-state index contributed by atoms with van der Waals surface area (Å²) in [5, 5.41) is 0. The van der Waals surface area contributed by atoms with Gasteiger partial charge in [-0.3, -0.25) is 0 Å². The first-order valence-electron chi connectivity index (χ1n) is 17.6. The molecule has 0 fully saturated rings. The molecule has 0 aromatic rings. The Labute approximate surface area is 338 Å². The van der Waals surface area contributed by atoms with Crippen molar-refractivity contribution >= 4 is 97.6 Å². The van der Waals surface area contributed by atoms with Crippen LogP contribution in [0.25, 0.3) is 0 Å². The third-order valence-electron chi connectivity index (χ3n) is 6.37. The van der Waals surface area contributed by atoms with Crippen molar-refractivity contribution in [3.8, 4) is 0 Å².